The zero-order valence-corrected chi connectivity index (χ0v) is 9.42. The van der Waals surface area contributed by atoms with Crippen LogP contribution in [0.4, 0.5) is 8.78 Å². The summed E-state index contributed by atoms with van der Waals surface area (Å²) in [4.78, 5) is 0. The first-order valence-electron chi connectivity index (χ1n) is 4.43. The van der Waals surface area contributed by atoms with Gasteiger partial charge in [-0.3, -0.25) is 0 Å². The molecule has 0 aliphatic rings. The van der Waals surface area contributed by atoms with E-state index in [0.717, 1.165) is 12.1 Å². The minimum atomic E-state index is -1.33. The molecule has 0 aliphatic heterocycles. The molecule has 0 heterocycles. The molecule has 1 aromatic carbocycles. The summed E-state index contributed by atoms with van der Waals surface area (Å²) in [6.45, 7) is 0. The maximum atomic E-state index is 13.2. The number of alkyl halides is 1. The van der Waals surface area contributed by atoms with E-state index in [1.165, 1.54) is 0 Å². The number of benzene rings is 1. The number of hydrogen-bond donors (Lipinski definition) is 2. The van der Waals surface area contributed by atoms with Crippen LogP contribution in [-0.2, 0) is 0 Å². The monoisotopic (exact) mass is 280 g/mol. The molecule has 5 heteroatoms. The van der Waals surface area contributed by atoms with Crippen molar-refractivity contribution in [3.8, 4) is 0 Å². The Bertz CT molecular complexity index is 333. The van der Waals surface area contributed by atoms with Crippen LogP contribution < -0.4 is 0 Å². The van der Waals surface area contributed by atoms with E-state index in [4.69, 9.17) is 0 Å². The smallest absolute Gasteiger partial charge is 0.132 e. The Morgan fingerprint density at radius 1 is 1.27 bits per heavy atom. The number of halogens is 3. The molecule has 2 nitrogen and oxygen atoms in total. The molecule has 0 aliphatic carbocycles. The average molecular weight is 281 g/mol. The quantitative estimate of drug-likeness (QED) is 0.830. The van der Waals surface area contributed by atoms with Gasteiger partial charge in [0.05, 0.1) is 6.10 Å². The fourth-order valence-corrected chi connectivity index (χ4v) is 1.69. The maximum Gasteiger partial charge on any atom is 0.132 e. The van der Waals surface area contributed by atoms with E-state index in [1.807, 2.05) is 0 Å². The minimum Gasteiger partial charge on any atom is -0.390 e. The number of aliphatic hydroxyl groups excluding tert-OH is 2. The summed E-state index contributed by atoms with van der Waals surface area (Å²) >= 11 is 3.10. The number of aliphatic hydroxyl groups is 2. The van der Waals surface area contributed by atoms with Crippen LogP contribution in [-0.4, -0.2) is 21.6 Å². The minimum absolute atomic E-state index is 0.0927. The highest BCUT2D eigenvalue weighted by atomic mass is 79.9. The van der Waals surface area contributed by atoms with E-state index in [9.17, 15) is 19.0 Å². The predicted molar refractivity (Wildman–Crippen MR) is 55.7 cm³/mol. The summed E-state index contributed by atoms with van der Waals surface area (Å²) in [6.07, 6.45) is -2.11. The molecule has 0 spiro atoms. The van der Waals surface area contributed by atoms with Crippen molar-refractivity contribution in [1.29, 1.82) is 0 Å². The van der Waals surface area contributed by atoms with Gasteiger partial charge >= 0.3 is 0 Å². The van der Waals surface area contributed by atoms with Gasteiger partial charge < -0.3 is 10.2 Å². The van der Waals surface area contributed by atoms with E-state index < -0.39 is 23.8 Å². The second-order valence-electron chi connectivity index (χ2n) is 3.16. The average Bonchev–Trinajstić information content (AvgIpc) is 2.17. The van der Waals surface area contributed by atoms with Crippen LogP contribution in [0.3, 0.4) is 0 Å². The zero-order valence-electron chi connectivity index (χ0n) is 7.83. The Morgan fingerprint density at radius 3 is 2.47 bits per heavy atom. The van der Waals surface area contributed by atoms with E-state index in [1.54, 1.807) is 0 Å². The Hall–Kier alpha value is -0.520. The molecule has 15 heavy (non-hydrogen) atoms. The molecule has 84 valence electrons. The largest absolute Gasteiger partial charge is 0.390 e. The first kappa shape index (κ1) is 12.5. The SMILES string of the molecule is OC(CCBr)C(O)c1ccc(F)cc1F. The van der Waals surface area contributed by atoms with Gasteiger partial charge in [0.25, 0.3) is 0 Å². The van der Waals surface area contributed by atoms with E-state index >= 15 is 0 Å². The molecule has 0 radical (unpaired) electrons. The maximum absolute atomic E-state index is 13.2. The molecular weight excluding hydrogens is 270 g/mol. The fourth-order valence-electron chi connectivity index (χ4n) is 1.22. The fraction of sp³-hybridized carbons (Fsp3) is 0.400. The van der Waals surface area contributed by atoms with Crippen LogP contribution in [0.5, 0.6) is 0 Å². The predicted octanol–water partition coefficient (Wildman–Crippen LogP) is 2.14. The molecule has 2 atom stereocenters. The van der Waals surface area contributed by atoms with E-state index in [2.05, 4.69) is 15.9 Å². The van der Waals surface area contributed by atoms with Crippen molar-refractivity contribution in [2.45, 2.75) is 18.6 Å². The highest BCUT2D eigenvalue weighted by molar-refractivity contribution is 9.09. The highest BCUT2D eigenvalue weighted by Gasteiger charge is 2.21. The first-order chi connectivity index (χ1) is 7.06. The summed E-state index contributed by atoms with van der Waals surface area (Å²) in [6, 6.07) is 2.86. The van der Waals surface area contributed by atoms with Crippen LogP contribution in [0.1, 0.15) is 18.1 Å². The van der Waals surface area contributed by atoms with E-state index in [0.29, 0.717) is 11.4 Å². The van der Waals surface area contributed by atoms with Gasteiger partial charge in [-0.05, 0) is 12.5 Å². The highest BCUT2D eigenvalue weighted by Crippen LogP contribution is 2.22. The Kier molecular flexibility index (Phi) is 4.63. The number of rotatable bonds is 4. The topological polar surface area (TPSA) is 40.5 Å². The Balaban J connectivity index is 2.86. The second kappa shape index (κ2) is 5.53. The van der Waals surface area contributed by atoms with Crippen LogP contribution in [0.15, 0.2) is 18.2 Å². The van der Waals surface area contributed by atoms with Gasteiger partial charge in [-0.1, -0.05) is 22.0 Å². The summed E-state index contributed by atoms with van der Waals surface area (Å²) < 4.78 is 25.7. The lowest BCUT2D eigenvalue weighted by atomic mass is 10.0. The van der Waals surface area contributed by atoms with Crippen molar-refractivity contribution in [1.82, 2.24) is 0 Å². The molecule has 0 fully saturated rings. The van der Waals surface area contributed by atoms with Gasteiger partial charge in [-0.2, -0.15) is 0 Å². The third-order valence-electron chi connectivity index (χ3n) is 2.05. The summed E-state index contributed by atoms with van der Waals surface area (Å²) in [5, 5.41) is 19.5. The normalized spacial score (nSPS) is 15.0. The van der Waals surface area contributed by atoms with Gasteiger partial charge in [0.15, 0.2) is 0 Å². The van der Waals surface area contributed by atoms with Crippen molar-refractivity contribution < 1.29 is 19.0 Å². The molecule has 0 saturated carbocycles. The Morgan fingerprint density at radius 2 is 1.93 bits per heavy atom. The molecule has 2 unspecified atom stereocenters. The standard InChI is InChI=1S/C10H11BrF2O2/c11-4-3-9(14)10(15)7-2-1-6(12)5-8(7)13/h1-2,5,9-10,14-15H,3-4H2. The summed E-state index contributed by atoms with van der Waals surface area (Å²) in [7, 11) is 0. The lowest BCUT2D eigenvalue weighted by molar-refractivity contribution is 0.0152. The van der Waals surface area contributed by atoms with Gasteiger partial charge in [-0.15, -0.1) is 0 Å². The summed E-state index contributed by atoms with van der Waals surface area (Å²) in [5.41, 5.74) is -0.0927. The molecule has 2 N–H and O–H groups in total. The second-order valence-corrected chi connectivity index (χ2v) is 3.95. The van der Waals surface area contributed by atoms with Gasteiger partial charge in [0.2, 0.25) is 0 Å². The molecule has 0 aromatic heterocycles. The van der Waals surface area contributed by atoms with Gasteiger partial charge in [0.1, 0.15) is 17.7 Å². The molecule has 0 amide bonds. The Labute approximate surface area is 94.7 Å². The third-order valence-corrected chi connectivity index (χ3v) is 2.51. The van der Waals surface area contributed by atoms with Gasteiger partial charge in [0, 0.05) is 17.0 Å². The summed E-state index contributed by atoms with van der Waals surface area (Å²) in [5.74, 6) is -1.56. The zero-order chi connectivity index (χ0) is 11.4. The lowest BCUT2D eigenvalue weighted by Gasteiger charge is -2.17. The van der Waals surface area contributed by atoms with Crippen LogP contribution >= 0.6 is 15.9 Å². The van der Waals surface area contributed by atoms with Crippen molar-refractivity contribution >= 4 is 15.9 Å². The van der Waals surface area contributed by atoms with Crippen molar-refractivity contribution in [3.63, 3.8) is 0 Å². The first-order valence-corrected chi connectivity index (χ1v) is 5.55. The molecule has 0 saturated heterocycles. The van der Waals surface area contributed by atoms with E-state index in [-0.39, 0.29) is 12.0 Å². The lowest BCUT2D eigenvalue weighted by Crippen LogP contribution is -2.19. The molecular formula is C10H11BrF2O2. The van der Waals surface area contributed by atoms with Crippen LogP contribution in [0.2, 0.25) is 0 Å². The molecule has 1 rings (SSSR count). The molecule has 1 aromatic rings. The van der Waals surface area contributed by atoms with Crippen LogP contribution in [0.25, 0.3) is 0 Å². The third kappa shape index (κ3) is 3.22. The van der Waals surface area contributed by atoms with Crippen molar-refractivity contribution in [2.24, 2.45) is 0 Å². The molecule has 0 bridgehead atoms. The van der Waals surface area contributed by atoms with Crippen molar-refractivity contribution in [3.05, 3.63) is 35.4 Å². The number of hydrogen-bond acceptors (Lipinski definition) is 2. The van der Waals surface area contributed by atoms with Crippen LogP contribution in [0, 0.1) is 11.6 Å². The van der Waals surface area contributed by atoms with Gasteiger partial charge in [-0.25, -0.2) is 8.78 Å². The van der Waals surface area contributed by atoms with Crippen molar-refractivity contribution in [2.75, 3.05) is 5.33 Å².